The molecule has 0 aliphatic carbocycles. The molecule has 0 saturated carbocycles. The van der Waals surface area contributed by atoms with Crippen LogP contribution in [-0.2, 0) is 11.3 Å². The number of furan rings is 1. The molecule has 158 valence electrons. The highest BCUT2D eigenvalue weighted by molar-refractivity contribution is 8.00. The Hall–Kier alpha value is -2.54. The van der Waals surface area contributed by atoms with Crippen LogP contribution in [-0.4, -0.2) is 43.9 Å². The fraction of sp³-hybridized carbons (Fsp3) is 0.435. The van der Waals surface area contributed by atoms with Gasteiger partial charge in [0.1, 0.15) is 0 Å². The van der Waals surface area contributed by atoms with E-state index < -0.39 is 0 Å². The first-order chi connectivity index (χ1) is 14.5. The molecule has 1 amide bonds. The van der Waals surface area contributed by atoms with Gasteiger partial charge >= 0.3 is 0 Å². The van der Waals surface area contributed by atoms with Crippen molar-refractivity contribution in [1.29, 1.82) is 0 Å². The van der Waals surface area contributed by atoms with E-state index in [9.17, 15) is 4.79 Å². The van der Waals surface area contributed by atoms with Crippen LogP contribution < -0.4 is 0 Å². The van der Waals surface area contributed by atoms with Crippen LogP contribution in [0.4, 0.5) is 0 Å². The Balaban J connectivity index is 1.56. The highest BCUT2D eigenvalue weighted by Gasteiger charge is 2.30. The Bertz CT molecular complexity index is 961. The number of carbonyl (C=O) groups is 1. The fourth-order valence-corrected chi connectivity index (χ4v) is 5.11. The average Bonchev–Trinajstić information content (AvgIpc) is 3.38. The lowest BCUT2D eigenvalue weighted by molar-refractivity contribution is -0.132. The Labute approximate surface area is 181 Å². The van der Waals surface area contributed by atoms with Crippen molar-refractivity contribution >= 4 is 17.7 Å². The van der Waals surface area contributed by atoms with Crippen LogP contribution in [0, 0.1) is 11.8 Å². The van der Waals surface area contributed by atoms with Crippen molar-refractivity contribution in [2.75, 3.05) is 13.1 Å². The van der Waals surface area contributed by atoms with Gasteiger partial charge in [-0.1, -0.05) is 55.9 Å². The predicted octanol–water partition coefficient (Wildman–Crippen LogP) is 4.57. The first kappa shape index (κ1) is 20.7. The quantitative estimate of drug-likeness (QED) is 0.542. The van der Waals surface area contributed by atoms with E-state index in [2.05, 4.69) is 36.2 Å². The van der Waals surface area contributed by atoms with Gasteiger partial charge < -0.3 is 9.32 Å². The minimum absolute atomic E-state index is 0.173. The molecule has 0 spiro atoms. The van der Waals surface area contributed by atoms with E-state index in [0.717, 1.165) is 23.8 Å². The molecule has 1 aliphatic heterocycles. The number of likely N-dealkylation sites (tertiary alicyclic amines) is 1. The van der Waals surface area contributed by atoms with E-state index in [1.165, 1.54) is 18.2 Å². The first-order valence-corrected chi connectivity index (χ1v) is 11.4. The lowest BCUT2D eigenvalue weighted by Crippen LogP contribution is -2.45. The van der Waals surface area contributed by atoms with Crippen molar-refractivity contribution in [3.05, 3.63) is 54.3 Å². The van der Waals surface area contributed by atoms with Crippen molar-refractivity contribution in [2.24, 2.45) is 11.8 Å². The van der Waals surface area contributed by atoms with Gasteiger partial charge in [0.2, 0.25) is 11.7 Å². The number of thioether (sulfide) groups is 1. The van der Waals surface area contributed by atoms with Gasteiger partial charge in [0, 0.05) is 13.1 Å². The van der Waals surface area contributed by atoms with Crippen molar-refractivity contribution in [2.45, 2.75) is 44.1 Å². The maximum atomic E-state index is 13.1. The molecule has 0 radical (unpaired) electrons. The normalized spacial score (nSPS) is 20.3. The van der Waals surface area contributed by atoms with Crippen LogP contribution in [0.15, 0.2) is 58.3 Å². The summed E-state index contributed by atoms with van der Waals surface area (Å²) in [5.41, 5.74) is 1.14. The average molecular weight is 425 g/mol. The number of hydrogen-bond acceptors (Lipinski definition) is 5. The van der Waals surface area contributed by atoms with Crippen molar-refractivity contribution in [3.63, 3.8) is 0 Å². The van der Waals surface area contributed by atoms with Crippen LogP contribution in [0.3, 0.4) is 0 Å². The van der Waals surface area contributed by atoms with Crippen LogP contribution in [0.25, 0.3) is 11.6 Å². The zero-order valence-corrected chi connectivity index (χ0v) is 18.5. The van der Waals surface area contributed by atoms with Crippen LogP contribution in [0.2, 0.25) is 0 Å². The summed E-state index contributed by atoms with van der Waals surface area (Å²) in [6.07, 6.45) is 2.82. The Morgan fingerprint density at radius 2 is 1.87 bits per heavy atom. The van der Waals surface area contributed by atoms with E-state index in [0.29, 0.717) is 30.0 Å². The second-order valence-corrected chi connectivity index (χ2v) is 9.61. The largest absolute Gasteiger partial charge is 0.461 e. The zero-order valence-electron chi connectivity index (χ0n) is 17.7. The molecule has 4 rings (SSSR count). The molecule has 3 unspecified atom stereocenters. The number of hydrogen-bond donors (Lipinski definition) is 0. The molecule has 30 heavy (non-hydrogen) atoms. The zero-order chi connectivity index (χ0) is 21.1. The molecule has 0 bridgehead atoms. The lowest BCUT2D eigenvalue weighted by Gasteiger charge is -2.36. The van der Waals surface area contributed by atoms with Crippen LogP contribution >= 0.6 is 11.8 Å². The highest BCUT2D eigenvalue weighted by Crippen LogP contribution is 2.30. The van der Waals surface area contributed by atoms with E-state index >= 15 is 0 Å². The molecular weight excluding hydrogens is 396 g/mol. The van der Waals surface area contributed by atoms with Gasteiger partial charge in [0.15, 0.2) is 10.9 Å². The maximum absolute atomic E-state index is 13.1. The van der Waals surface area contributed by atoms with Gasteiger partial charge in [0.05, 0.1) is 18.1 Å². The smallest absolute Gasteiger partial charge is 0.235 e. The molecule has 3 aromatic rings. The van der Waals surface area contributed by atoms with Gasteiger partial charge in [-0.15, -0.1) is 10.2 Å². The molecule has 7 heteroatoms. The van der Waals surface area contributed by atoms with E-state index in [1.54, 1.807) is 6.26 Å². The van der Waals surface area contributed by atoms with Crippen molar-refractivity contribution in [1.82, 2.24) is 19.7 Å². The van der Waals surface area contributed by atoms with E-state index in [1.807, 2.05) is 46.7 Å². The van der Waals surface area contributed by atoms with Crippen LogP contribution in [0.1, 0.15) is 32.8 Å². The standard InChI is InChI=1S/C23H28N4O2S/c1-16-12-17(2)14-26(13-16)22(28)18(3)30-23-25-24-21(20-10-7-11-29-20)27(23)15-19-8-5-4-6-9-19/h4-11,16-18H,12-15H2,1-3H3. The third-order valence-corrected chi connectivity index (χ3v) is 6.52. The molecule has 2 aromatic heterocycles. The molecule has 1 aromatic carbocycles. The first-order valence-electron chi connectivity index (χ1n) is 10.5. The fourth-order valence-electron chi connectivity index (χ4n) is 4.18. The molecule has 3 atom stereocenters. The summed E-state index contributed by atoms with van der Waals surface area (Å²) in [6.45, 7) is 8.69. The number of piperidine rings is 1. The number of aromatic nitrogens is 3. The van der Waals surface area contributed by atoms with Gasteiger partial charge in [-0.05, 0) is 42.9 Å². The molecule has 3 heterocycles. The number of rotatable bonds is 6. The Kier molecular flexibility index (Phi) is 6.27. The van der Waals surface area contributed by atoms with Gasteiger partial charge in [-0.2, -0.15) is 0 Å². The Morgan fingerprint density at radius 1 is 1.13 bits per heavy atom. The summed E-state index contributed by atoms with van der Waals surface area (Å²) in [4.78, 5) is 15.1. The molecule has 6 nitrogen and oxygen atoms in total. The summed E-state index contributed by atoms with van der Waals surface area (Å²) in [5.74, 6) is 2.60. The summed E-state index contributed by atoms with van der Waals surface area (Å²) < 4.78 is 7.61. The number of benzene rings is 1. The number of amides is 1. The minimum atomic E-state index is -0.231. The predicted molar refractivity (Wildman–Crippen MR) is 118 cm³/mol. The number of carbonyl (C=O) groups excluding carboxylic acids is 1. The third-order valence-electron chi connectivity index (χ3n) is 5.45. The summed E-state index contributed by atoms with van der Waals surface area (Å²) in [7, 11) is 0. The van der Waals surface area contributed by atoms with Crippen LogP contribution in [0.5, 0.6) is 0 Å². The molecule has 1 aliphatic rings. The maximum Gasteiger partial charge on any atom is 0.235 e. The van der Waals surface area contributed by atoms with Crippen molar-refractivity contribution in [3.8, 4) is 11.6 Å². The Morgan fingerprint density at radius 3 is 2.53 bits per heavy atom. The van der Waals surface area contributed by atoms with Gasteiger partial charge in [-0.3, -0.25) is 9.36 Å². The van der Waals surface area contributed by atoms with Gasteiger partial charge in [0.25, 0.3) is 0 Å². The highest BCUT2D eigenvalue weighted by atomic mass is 32.2. The minimum Gasteiger partial charge on any atom is -0.461 e. The van der Waals surface area contributed by atoms with E-state index in [-0.39, 0.29) is 11.2 Å². The molecule has 0 N–H and O–H groups in total. The lowest BCUT2D eigenvalue weighted by atomic mass is 9.92. The second-order valence-electron chi connectivity index (χ2n) is 8.30. The van der Waals surface area contributed by atoms with E-state index in [4.69, 9.17) is 4.42 Å². The SMILES string of the molecule is CC1CC(C)CN(C(=O)C(C)Sc2nnc(-c3ccco3)n2Cc2ccccc2)C1. The molecule has 1 fully saturated rings. The summed E-state index contributed by atoms with van der Waals surface area (Å²) in [5, 5.41) is 9.28. The second kappa shape index (κ2) is 9.08. The molecule has 1 saturated heterocycles. The summed E-state index contributed by atoms with van der Waals surface area (Å²) in [6, 6.07) is 13.9. The third kappa shape index (κ3) is 4.61. The number of nitrogens with zero attached hydrogens (tertiary/aromatic N) is 4. The topological polar surface area (TPSA) is 64.2 Å². The monoisotopic (exact) mass is 424 g/mol. The summed E-state index contributed by atoms with van der Waals surface area (Å²) >= 11 is 1.47. The van der Waals surface area contributed by atoms with Gasteiger partial charge in [-0.25, -0.2) is 0 Å². The van der Waals surface area contributed by atoms with Crippen molar-refractivity contribution < 1.29 is 9.21 Å². The molecular formula is C23H28N4O2S.